The number of aryl methyl sites for hydroxylation is 1. The van der Waals surface area contributed by atoms with Crippen molar-refractivity contribution in [1.82, 2.24) is 9.78 Å². The molecule has 1 aromatic heterocycles. The number of nitrogen functional groups attached to an aromatic ring is 1. The fourth-order valence-corrected chi connectivity index (χ4v) is 2.26. The van der Waals surface area contributed by atoms with E-state index in [0.717, 1.165) is 34.6 Å². The largest absolute Gasteiger partial charge is 0.487 e. The third-order valence-corrected chi connectivity index (χ3v) is 3.29. The quantitative estimate of drug-likeness (QED) is 0.738. The van der Waals surface area contributed by atoms with Crippen LogP contribution in [0.4, 0.5) is 5.69 Å². The van der Waals surface area contributed by atoms with Crippen molar-refractivity contribution in [2.45, 2.75) is 20.1 Å². The van der Waals surface area contributed by atoms with Gasteiger partial charge in [0.25, 0.3) is 0 Å². The molecule has 0 aliphatic rings. The third kappa shape index (κ3) is 2.32. The number of nitrogens with two attached hydrogens (primary N) is 1. The molecule has 2 aromatic carbocycles. The molecule has 0 unspecified atom stereocenters. The molecule has 0 amide bonds. The van der Waals surface area contributed by atoms with Gasteiger partial charge in [-0.2, -0.15) is 5.10 Å². The van der Waals surface area contributed by atoms with Crippen LogP contribution in [0.25, 0.3) is 10.9 Å². The zero-order valence-corrected chi connectivity index (χ0v) is 11.4. The number of hydrogen-bond donors (Lipinski definition) is 1. The van der Waals surface area contributed by atoms with Crippen molar-refractivity contribution in [2.24, 2.45) is 0 Å². The van der Waals surface area contributed by atoms with Crippen LogP contribution in [0.5, 0.6) is 5.75 Å². The van der Waals surface area contributed by atoms with Gasteiger partial charge in [0.2, 0.25) is 0 Å². The number of ether oxygens (including phenoxy) is 1. The van der Waals surface area contributed by atoms with E-state index in [1.165, 1.54) is 0 Å². The number of para-hydroxylation sites is 1. The number of fused-ring (bicyclic) bond motifs is 1. The topological polar surface area (TPSA) is 53.1 Å². The summed E-state index contributed by atoms with van der Waals surface area (Å²) in [6.07, 6.45) is 0. The van der Waals surface area contributed by atoms with Crippen LogP contribution in [0.2, 0.25) is 0 Å². The number of nitrogens with zero attached hydrogens (tertiary/aromatic N) is 2. The van der Waals surface area contributed by atoms with E-state index < -0.39 is 0 Å². The van der Waals surface area contributed by atoms with Crippen LogP contribution in [-0.2, 0) is 13.2 Å². The van der Waals surface area contributed by atoms with Crippen molar-refractivity contribution >= 4 is 16.6 Å². The molecule has 4 heteroatoms. The van der Waals surface area contributed by atoms with Crippen molar-refractivity contribution in [3.63, 3.8) is 0 Å². The highest BCUT2D eigenvalue weighted by molar-refractivity contribution is 5.81. The summed E-state index contributed by atoms with van der Waals surface area (Å²) in [7, 11) is 0. The predicted octanol–water partition coefficient (Wildman–Crippen LogP) is 3.22. The molecule has 0 fully saturated rings. The summed E-state index contributed by atoms with van der Waals surface area (Å²) in [6, 6.07) is 15.6. The molecule has 3 aromatic rings. The molecule has 1 heterocycles. The van der Waals surface area contributed by atoms with Crippen LogP contribution < -0.4 is 10.5 Å². The minimum absolute atomic E-state index is 0.456. The monoisotopic (exact) mass is 267 g/mol. The van der Waals surface area contributed by atoms with Gasteiger partial charge in [0, 0.05) is 17.6 Å². The van der Waals surface area contributed by atoms with Crippen molar-refractivity contribution in [3.05, 3.63) is 54.2 Å². The van der Waals surface area contributed by atoms with Crippen molar-refractivity contribution < 1.29 is 4.74 Å². The van der Waals surface area contributed by atoms with Gasteiger partial charge in [0.05, 0.1) is 5.52 Å². The van der Waals surface area contributed by atoms with E-state index in [-0.39, 0.29) is 0 Å². The number of rotatable bonds is 4. The standard InChI is InChI=1S/C16H17N3O/c1-2-19-16-6-4-3-5-14(16)15(18-19)11-20-13-9-7-12(17)8-10-13/h3-10H,2,11,17H2,1H3. The van der Waals surface area contributed by atoms with E-state index in [1.54, 1.807) is 0 Å². The van der Waals surface area contributed by atoms with Gasteiger partial charge in [-0.05, 0) is 37.3 Å². The minimum atomic E-state index is 0.456. The molecule has 0 aliphatic carbocycles. The first kappa shape index (κ1) is 12.5. The fourth-order valence-electron chi connectivity index (χ4n) is 2.26. The van der Waals surface area contributed by atoms with Gasteiger partial charge in [0.15, 0.2) is 0 Å². The molecule has 0 aliphatic heterocycles. The van der Waals surface area contributed by atoms with Crippen molar-refractivity contribution in [1.29, 1.82) is 0 Å². The molecule has 0 saturated carbocycles. The van der Waals surface area contributed by atoms with Crippen LogP contribution in [0, 0.1) is 0 Å². The molecule has 2 N–H and O–H groups in total. The average molecular weight is 267 g/mol. The summed E-state index contributed by atoms with van der Waals surface area (Å²) in [5.41, 5.74) is 8.49. The Morgan fingerprint density at radius 2 is 1.85 bits per heavy atom. The molecule has 0 saturated heterocycles. The van der Waals surface area contributed by atoms with Crippen LogP contribution in [-0.4, -0.2) is 9.78 Å². The Kier molecular flexibility index (Phi) is 3.29. The Morgan fingerprint density at radius 3 is 2.60 bits per heavy atom. The molecule has 0 bridgehead atoms. The van der Waals surface area contributed by atoms with Crippen LogP contribution >= 0.6 is 0 Å². The van der Waals surface area contributed by atoms with E-state index in [0.29, 0.717) is 6.61 Å². The second-order valence-electron chi connectivity index (χ2n) is 4.64. The van der Waals surface area contributed by atoms with Gasteiger partial charge in [-0.3, -0.25) is 4.68 Å². The normalized spacial score (nSPS) is 10.8. The average Bonchev–Trinajstić information content (AvgIpc) is 2.85. The molecule has 20 heavy (non-hydrogen) atoms. The first-order chi connectivity index (χ1) is 9.78. The minimum Gasteiger partial charge on any atom is -0.487 e. The van der Waals surface area contributed by atoms with Crippen LogP contribution in [0.15, 0.2) is 48.5 Å². The Bertz CT molecular complexity index is 716. The number of aromatic nitrogens is 2. The maximum absolute atomic E-state index is 5.78. The van der Waals surface area contributed by atoms with Gasteiger partial charge < -0.3 is 10.5 Å². The summed E-state index contributed by atoms with van der Waals surface area (Å²) < 4.78 is 7.78. The van der Waals surface area contributed by atoms with Crippen LogP contribution in [0.1, 0.15) is 12.6 Å². The first-order valence-electron chi connectivity index (χ1n) is 6.70. The first-order valence-corrected chi connectivity index (χ1v) is 6.70. The molecule has 4 nitrogen and oxygen atoms in total. The molecule has 0 atom stereocenters. The Labute approximate surface area is 117 Å². The smallest absolute Gasteiger partial charge is 0.133 e. The predicted molar refractivity (Wildman–Crippen MR) is 80.6 cm³/mol. The summed E-state index contributed by atoms with van der Waals surface area (Å²) >= 11 is 0. The van der Waals surface area contributed by atoms with Crippen molar-refractivity contribution in [3.8, 4) is 5.75 Å². The number of anilines is 1. The Hall–Kier alpha value is -2.49. The lowest BCUT2D eigenvalue weighted by Crippen LogP contribution is -2.00. The highest BCUT2D eigenvalue weighted by Gasteiger charge is 2.09. The van der Waals surface area contributed by atoms with E-state index in [4.69, 9.17) is 10.5 Å². The summed E-state index contributed by atoms with van der Waals surface area (Å²) in [5.74, 6) is 0.800. The highest BCUT2D eigenvalue weighted by Crippen LogP contribution is 2.21. The van der Waals surface area contributed by atoms with E-state index in [9.17, 15) is 0 Å². The zero-order valence-electron chi connectivity index (χ0n) is 11.4. The molecular weight excluding hydrogens is 250 g/mol. The second kappa shape index (κ2) is 5.25. The number of benzene rings is 2. The third-order valence-electron chi connectivity index (χ3n) is 3.29. The SMILES string of the molecule is CCn1nc(COc2ccc(N)cc2)c2ccccc21. The Morgan fingerprint density at radius 1 is 1.10 bits per heavy atom. The maximum Gasteiger partial charge on any atom is 0.133 e. The summed E-state index contributed by atoms with van der Waals surface area (Å²) in [4.78, 5) is 0. The second-order valence-corrected chi connectivity index (χ2v) is 4.64. The Balaban J connectivity index is 1.85. The summed E-state index contributed by atoms with van der Waals surface area (Å²) in [6.45, 7) is 3.39. The highest BCUT2D eigenvalue weighted by atomic mass is 16.5. The molecule has 102 valence electrons. The van der Waals surface area contributed by atoms with Gasteiger partial charge in [-0.15, -0.1) is 0 Å². The summed E-state index contributed by atoms with van der Waals surface area (Å²) in [5, 5.41) is 5.75. The lowest BCUT2D eigenvalue weighted by atomic mass is 10.2. The van der Waals surface area contributed by atoms with Crippen LogP contribution in [0.3, 0.4) is 0 Å². The molecular formula is C16H17N3O. The van der Waals surface area contributed by atoms with Crippen molar-refractivity contribution in [2.75, 3.05) is 5.73 Å². The van der Waals surface area contributed by atoms with E-state index in [1.807, 2.05) is 41.1 Å². The van der Waals surface area contributed by atoms with Gasteiger partial charge >= 0.3 is 0 Å². The molecule has 0 spiro atoms. The molecule has 3 rings (SSSR count). The number of hydrogen-bond acceptors (Lipinski definition) is 3. The van der Waals surface area contributed by atoms with Gasteiger partial charge in [0.1, 0.15) is 18.1 Å². The van der Waals surface area contributed by atoms with E-state index >= 15 is 0 Å². The molecule has 0 radical (unpaired) electrons. The fraction of sp³-hybridized carbons (Fsp3) is 0.188. The zero-order chi connectivity index (χ0) is 13.9. The lowest BCUT2D eigenvalue weighted by Gasteiger charge is -2.04. The lowest BCUT2D eigenvalue weighted by molar-refractivity contribution is 0.301. The maximum atomic E-state index is 5.78. The van der Waals surface area contributed by atoms with E-state index in [2.05, 4.69) is 24.2 Å². The van der Waals surface area contributed by atoms with Gasteiger partial charge in [-0.1, -0.05) is 18.2 Å². The van der Waals surface area contributed by atoms with Gasteiger partial charge in [-0.25, -0.2) is 0 Å².